The molecule has 1 aliphatic heterocycles. The largest absolute Gasteiger partial charge is 0.357 e. The first-order valence-corrected chi connectivity index (χ1v) is 6.78. The molecule has 1 atom stereocenters. The van der Waals surface area contributed by atoms with Crippen molar-refractivity contribution in [3.8, 4) is 0 Å². The van der Waals surface area contributed by atoms with E-state index in [9.17, 15) is 4.79 Å². The van der Waals surface area contributed by atoms with Gasteiger partial charge in [0.15, 0.2) is 6.23 Å². The summed E-state index contributed by atoms with van der Waals surface area (Å²) in [7, 11) is 1.65. The predicted octanol–water partition coefficient (Wildman–Crippen LogP) is 3.03. The average Bonchev–Trinajstić information content (AvgIpc) is 2.78. The number of ether oxygens (including phenoxy) is 1. The van der Waals surface area contributed by atoms with E-state index < -0.39 is 0 Å². The van der Waals surface area contributed by atoms with Crippen molar-refractivity contribution in [1.29, 1.82) is 0 Å². The Morgan fingerprint density at radius 3 is 2.50 bits per heavy atom. The fourth-order valence-electron chi connectivity index (χ4n) is 2.70. The Morgan fingerprint density at radius 2 is 1.75 bits per heavy atom. The van der Waals surface area contributed by atoms with E-state index in [0.717, 1.165) is 17.5 Å². The number of fused-ring (bicyclic) bond motifs is 1. The third-order valence-electron chi connectivity index (χ3n) is 3.71. The molecule has 3 nitrogen and oxygen atoms in total. The highest BCUT2D eigenvalue weighted by Gasteiger charge is 2.35. The number of methoxy groups -OCH3 is 1. The molecule has 1 amide bonds. The minimum atomic E-state index is -0.262. The van der Waals surface area contributed by atoms with Gasteiger partial charge in [0.05, 0.1) is 0 Å². The fourth-order valence-corrected chi connectivity index (χ4v) is 2.70. The second kappa shape index (κ2) is 5.47. The summed E-state index contributed by atoms with van der Waals surface area (Å²) in [5.41, 5.74) is 2.95. The number of hydrogen-bond donors (Lipinski definition) is 0. The Bertz CT molecular complexity index is 609. The van der Waals surface area contributed by atoms with Crippen LogP contribution in [0.2, 0.25) is 0 Å². The molecule has 102 valence electrons. The summed E-state index contributed by atoms with van der Waals surface area (Å²) in [5, 5.41) is 0. The van der Waals surface area contributed by atoms with Crippen LogP contribution in [0.4, 0.5) is 0 Å². The number of amides is 1. The van der Waals surface area contributed by atoms with Gasteiger partial charge in [0.25, 0.3) is 5.91 Å². The highest BCUT2D eigenvalue weighted by Crippen LogP contribution is 2.33. The second-order valence-corrected chi connectivity index (χ2v) is 4.91. The first-order chi connectivity index (χ1) is 9.81. The van der Waals surface area contributed by atoms with E-state index >= 15 is 0 Å². The first kappa shape index (κ1) is 12.9. The number of rotatable bonds is 4. The molecule has 0 saturated carbocycles. The lowest BCUT2D eigenvalue weighted by Gasteiger charge is -2.24. The summed E-state index contributed by atoms with van der Waals surface area (Å²) >= 11 is 0. The van der Waals surface area contributed by atoms with Crippen LogP contribution in [-0.4, -0.2) is 24.5 Å². The normalized spacial score (nSPS) is 17.4. The molecule has 0 aliphatic carbocycles. The summed E-state index contributed by atoms with van der Waals surface area (Å²) in [6.45, 7) is 0.663. The van der Waals surface area contributed by atoms with E-state index in [4.69, 9.17) is 4.74 Å². The van der Waals surface area contributed by atoms with Crippen LogP contribution in [0, 0.1) is 0 Å². The minimum absolute atomic E-state index is 0.0587. The highest BCUT2D eigenvalue weighted by atomic mass is 16.5. The van der Waals surface area contributed by atoms with Crippen LogP contribution in [0.15, 0.2) is 54.6 Å². The molecule has 3 heteroatoms. The SMILES string of the molecule is COC1c2ccccc2C(=O)N1CCc1ccccc1. The summed E-state index contributed by atoms with van der Waals surface area (Å²) < 4.78 is 5.51. The average molecular weight is 267 g/mol. The van der Waals surface area contributed by atoms with Crippen LogP contribution in [0.1, 0.15) is 27.7 Å². The molecule has 1 heterocycles. The first-order valence-electron chi connectivity index (χ1n) is 6.78. The lowest BCUT2D eigenvalue weighted by molar-refractivity contribution is -0.0119. The van der Waals surface area contributed by atoms with Gasteiger partial charge in [0.2, 0.25) is 0 Å². The maximum absolute atomic E-state index is 12.4. The van der Waals surface area contributed by atoms with Crippen molar-refractivity contribution < 1.29 is 9.53 Å². The lowest BCUT2D eigenvalue weighted by Crippen LogP contribution is -2.31. The van der Waals surface area contributed by atoms with Crippen molar-refractivity contribution in [1.82, 2.24) is 4.90 Å². The van der Waals surface area contributed by atoms with Gasteiger partial charge in [-0.15, -0.1) is 0 Å². The quantitative estimate of drug-likeness (QED) is 0.852. The standard InChI is InChI=1S/C17H17NO2/c1-20-17-15-10-6-5-9-14(15)16(19)18(17)12-11-13-7-3-2-4-8-13/h2-10,17H,11-12H2,1H3. The summed E-state index contributed by atoms with van der Waals surface area (Å²) in [6, 6.07) is 17.9. The van der Waals surface area contributed by atoms with Crippen LogP contribution in [0.25, 0.3) is 0 Å². The van der Waals surface area contributed by atoms with Gasteiger partial charge in [0.1, 0.15) is 0 Å². The van der Waals surface area contributed by atoms with Gasteiger partial charge in [0, 0.05) is 24.8 Å². The molecule has 3 rings (SSSR count). The van der Waals surface area contributed by atoms with Gasteiger partial charge in [-0.3, -0.25) is 4.79 Å². The monoisotopic (exact) mass is 267 g/mol. The molecule has 2 aromatic rings. The van der Waals surface area contributed by atoms with Crippen molar-refractivity contribution in [2.75, 3.05) is 13.7 Å². The van der Waals surface area contributed by atoms with Crippen LogP contribution >= 0.6 is 0 Å². The molecule has 1 aliphatic rings. The van der Waals surface area contributed by atoms with Gasteiger partial charge in [-0.05, 0) is 18.1 Å². The maximum atomic E-state index is 12.4. The summed E-state index contributed by atoms with van der Waals surface area (Å²) in [5.74, 6) is 0.0587. The maximum Gasteiger partial charge on any atom is 0.256 e. The lowest BCUT2D eigenvalue weighted by atomic mass is 10.1. The molecule has 0 aromatic heterocycles. The molecule has 0 bridgehead atoms. The molecule has 0 fully saturated rings. The van der Waals surface area contributed by atoms with E-state index in [0.29, 0.717) is 6.54 Å². The molecule has 0 radical (unpaired) electrons. The smallest absolute Gasteiger partial charge is 0.256 e. The fraction of sp³-hybridized carbons (Fsp3) is 0.235. The van der Waals surface area contributed by atoms with Crippen molar-refractivity contribution in [3.05, 3.63) is 71.3 Å². The summed E-state index contributed by atoms with van der Waals surface area (Å²) in [4.78, 5) is 14.2. The van der Waals surface area contributed by atoms with E-state index in [1.165, 1.54) is 5.56 Å². The van der Waals surface area contributed by atoms with Crippen LogP contribution in [-0.2, 0) is 11.2 Å². The number of carbonyl (C=O) groups is 1. The van der Waals surface area contributed by atoms with E-state index in [2.05, 4.69) is 12.1 Å². The zero-order valence-corrected chi connectivity index (χ0v) is 11.5. The molecule has 20 heavy (non-hydrogen) atoms. The summed E-state index contributed by atoms with van der Waals surface area (Å²) in [6.07, 6.45) is 0.572. The van der Waals surface area contributed by atoms with Gasteiger partial charge < -0.3 is 9.64 Å². The third kappa shape index (κ3) is 2.21. The molecular weight excluding hydrogens is 250 g/mol. The molecule has 0 N–H and O–H groups in total. The van der Waals surface area contributed by atoms with Crippen molar-refractivity contribution in [2.24, 2.45) is 0 Å². The van der Waals surface area contributed by atoms with E-state index in [1.807, 2.05) is 42.5 Å². The Hall–Kier alpha value is -2.13. The Morgan fingerprint density at radius 1 is 1.05 bits per heavy atom. The predicted molar refractivity (Wildman–Crippen MR) is 77.4 cm³/mol. The topological polar surface area (TPSA) is 29.5 Å². The van der Waals surface area contributed by atoms with E-state index in [-0.39, 0.29) is 12.1 Å². The molecule has 0 spiro atoms. The van der Waals surface area contributed by atoms with Crippen LogP contribution < -0.4 is 0 Å². The Labute approximate surface area is 118 Å². The zero-order chi connectivity index (χ0) is 13.9. The number of benzene rings is 2. The Balaban J connectivity index is 1.79. The zero-order valence-electron chi connectivity index (χ0n) is 11.5. The van der Waals surface area contributed by atoms with Gasteiger partial charge in [-0.25, -0.2) is 0 Å². The molecule has 0 saturated heterocycles. The van der Waals surface area contributed by atoms with Crippen molar-refractivity contribution in [3.63, 3.8) is 0 Å². The van der Waals surface area contributed by atoms with Gasteiger partial charge in [-0.2, -0.15) is 0 Å². The molecule has 2 aromatic carbocycles. The third-order valence-corrected chi connectivity index (χ3v) is 3.71. The van der Waals surface area contributed by atoms with E-state index in [1.54, 1.807) is 12.0 Å². The molecule has 1 unspecified atom stereocenters. The highest BCUT2D eigenvalue weighted by molar-refractivity contribution is 5.98. The molecular formula is C17H17NO2. The number of hydrogen-bond acceptors (Lipinski definition) is 2. The van der Waals surface area contributed by atoms with Gasteiger partial charge >= 0.3 is 0 Å². The number of nitrogens with zero attached hydrogens (tertiary/aromatic N) is 1. The van der Waals surface area contributed by atoms with Crippen molar-refractivity contribution in [2.45, 2.75) is 12.6 Å². The Kier molecular flexibility index (Phi) is 3.52. The van der Waals surface area contributed by atoms with Gasteiger partial charge in [-0.1, -0.05) is 48.5 Å². The number of carbonyl (C=O) groups excluding carboxylic acids is 1. The minimum Gasteiger partial charge on any atom is -0.357 e. The second-order valence-electron chi connectivity index (χ2n) is 4.91. The van der Waals surface area contributed by atoms with Crippen LogP contribution in [0.3, 0.4) is 0 Å². The van der Waals surface area contributed by atoms with Crippen LogP contribution in [0.5, 0.6) is 0 Å². The van der Waals surface area contributed by atoms with Crippen molar-refractivity contribution >= 4 is 5.91 Å².